The first-order valence-electron chi connectivity index (χ1n) is 11.3. The highest BCUT2D eigenvalue weighted by atomic mass is 32.2. The van der Waals surface area contributed by atoms with Crippen molar-refractivity contribution in [2.24, 2.45) is 5.92 Å². The molecule has 0 spiro atoms. The number of sulfonamides is 1. The zero-order valence-electron chi connectivity index (χ0n) is 17.9. The van der Waals surface area contributed by atoms with Crippen molar-refractivity contribution < 1.29 is 27.4 Å². The van der Waals surface area contributed by atoms with Gasteiger partial charge >= 0.3 is 0 Å². The minimum absolute atomic E-state index is 0.0227. The van der Waals surface area contributed by atoms with Gasteiger partial charge in [-0.2, -0.15) is 0 Å². The lowest BCUT2D eigenvalue weighted by molar-refractivity contribution is -0.202. The Morgan fingerprint density at radius 2 is 1.69 bits per heavy atom. The average Bonchev–Trinajstić information content (AvgIpc) is 3.01. The first-order chi connectivity index (χ1) is 14.0. The second-order valence-electron chi connectivity index (χ2n) is 8.50. The van der Waals surface area contributed by atoms with Gasteiger partial charge in [0.2, 0.25) is 10.0 Å². The highest BCUT2D eigenvalue weighted by Crippen LogP contribution is 2.40. The van der Waals surface area contributed by atoms with Gasteiger partial charge in [0.15, 0.2) is 12.6 Å². The highest BCUT2D eigenvalue weighted by molar-refractivity contribution is 7.89. The monoisotopic (exact) mass is 432 g/mol. The lowest BCUT2D eigenvalue weighted by Crippen LogP contribution is -2.38. The Morgan fingerprint density at radius 3 is 2.28 bits per heavy atom. The van der Waals surface area contributed by atoms with Gasteiger partial charge in [-0.3, -0.25) is 0 Å². The van der Waals surface area contributed by atoms with E-state index in [9.17, 15) is 8.42 Å². The third-order valence-corrected chi connectivity index (χ3v) is 7.63. The average molecular weight is 433 g/mol. The zero-order valence-corrected chi connectivity index (χ0v) is 18.8. The fourth-order valence-corrected chi connectivity index (χ4v) is 5.58. The molecule has 0 aromatic rings. The molecule has 3 fully saturated rings. The van der Waals surface area contributed by atoms with E-state index in [1.807, 2.05) is 6.92 Å². The predicted molar refractivity (Wildman–Crippen MR) is 111 cm³/mol. The molecule has 8 heteroatoms. The van der Waals surface area contributed by atoms with Gasteiger partial charge in [-0.25, -0.2) is 13.1 Å². The number of ether oxygens (including phenoxy) is 4. The molecule has 1 saturated carbocycles. The number of hydrogen-bond acceptors (Lipinski definition) is 6. The molecule has 7 nitrogen and oxygen atoms in total. The normalized spacial score (nSPS) is 34.5. The molecule has 0 aromatic heterocycles. The van der Waals surface area contributed by atoms with Crippen LogP contribution in [0.5, 0.6) is 0 Å². The minimum Gasteiger partial charge on any atom is -0.353 e. The molecule has 1 aliphatic carbocycles. The fourth-order valence-electron chi connectivity index (χ4n) is 4.34. The van der Waals surface area contributed by atoms with Crippen molar-refractivity contribution in [3.8, 4) is 0 Å². The van der Waals surface area contributed by atoms with E-state index in [1.165, 1.54) is 0 Å². The molecular weight excluding hydrogens is 394 g/mol. The van der Waals surface area contributed by atoms with E-state index in [4.69, 9.17) is 18.9 Å². The van der Waals surface area contributed by atoms with Crippen molar-refractivity contribution in [1.82, 2.24) is 4.72 Å². The van der Waals surface area contributed by atoms with Gasteiger partial charge in [0.1, 0.15) is 0 Å². The van der Waals surface area contributed by atoms with Gasteiger partial charge in [0.25, 0.3) is 0 Å². The summed E-state index contributed by atoms with van der Waals surface area (Å²) in [5.41, 5.74) is 0. The van der Waals surface area contributed by atoms with Crippen LogP contribution in [0.1, 0.15) is 71.6 Å². The Kier molecular flexibility index (Phi) is 9.20. The lowest BCUT2D eigenvalue weighted by atomic mass is 9.95. The Hall–Kier alpha value is -0.250. The van der Waals surface area contributed by atoms with Gasteiger partial charge in [-0.05, 0) is 44.9 Å². The van der Waals surface area contributed by atoms with Crippen LogP contribution in [-0.2, 0) is 29.0 Å². The standard InChI is InChI=1S/C21H38NO6S/c1-3-4-13-29(23,24)22-15-17-16(2)18(27-20-9-5-7-11-25-20)14-19(17)28-21-10-6-8-12-26-21/h17-22H,3-15H2,1-2H3. The van der Waals surface area contributed by atoms with Gasteiger partial charge < -0.3 is 18.9 Å². The molecule has 3 rings (SSSR count). The van der Waals surface area contributed by atoms with E-state index in [0.717, 1.165) is 64.1 Å². The molecule has 5 atom stereocenters. The van der Waals surface area contributed by atoms with Crippen LogP contribution in [0.15, 0.2) is 0 Å². The molecular formula is C21H38NO6S. The molecule has 0 bridgehead atoms. The number of unbranched alkanes of at least 4 members (excludes halogenated alkanes) is 1. The first-order valence-corrected chi connectivity index (χ1v) is 13.0. The summed E-state index contributed by atoms with van der Waals surface area (Å²) in [5.74, 6) is 1.28. The largest absolute Gasteiger partial charge is 0.353 e. The van der Waals surface area contributed by atoms with Crippen molar-refractivity contribution in [3.63, 3.8) is 0 Å². The second kappa shape index (κ2) is 11.4. The summed E-state index contributed by atoms with van der Waals surface area (Å²) in [7, 11) is -3.27. The van der Waals surface area contributed by atoms with Crippen molar-refractivity contribution >= 4 is 10.0 Å². The smallest absolute Gasteiger partial charge is 0.211 e. The molecule has 2 aliphatic heterocycles. The Labute approximate surface area is 176 Å². The van der Waals surface area contributed by atoms with Crippen molar-refractivity contribution in [2.75, 3.05) is 25.5 Å². The van der Waals surface area contributed by atoms with Crippen LogP contribution in [0, 0.1) is 11.8 Å². The maximum absolute atomic E-state index is 12.3. The molecule has 0 aromatic carbocycles. The molecule has 169 valence electrons. The summed E-state index contributed by atoms with van der Waals surface area (Å²) >= 11 is 0. The van der Waals surface area contributed by atoms with Gasteiger partial charge in [-0.1, -0.05) is 20.3 Å². The molecule has 0 amide bonds. The lowest BCUT2D eigenvalue weighted by Gasteiger charge is -2.29. The zero-order chi connectivity index (χ0) is 20.7. The quantitative estimate of drug-likeness (QED) is 0.571. The Morgan fingerprint density at radius 1 is 1.03 bits per heavy atom. The maximum atomic E-state index is 12.3. The van der Waals surface area contributed by atoms with Crippen LogP contribution < -0.4 is 4.72 Å². The van der Waals surface area contributed by atoms with Gasteiger partial charge in [0, 0.05) is 38.0 Å². The van der Waals surface area contributed by atoms with Crippen LogP contribution in [0.2, 0.25) is 0 Å². The van der Waals surface area contributed by atoms with E-state index >= 15 is 0 Å². The van der Waals surface area contributed by atoms with Crippen molar-refractivity contribution in [3.05, 3.63) is 5.92 Å². The topological polar surface area (TPSA) is 83.1 Å². The highest BCUT2D eigenvalue weighted by Gasteiger charge is 2.45. The molecule has 29 heavy (non-hydrogen) atoms. The van der Waals surface area contributed by atoms with E-state index < -0.39 is 10.0 Å². The molecule has 2 saturated heterocycles. The molecule has 3 aliphatic rings. The fraction of sp³-hybridized carbons (Fsp3) is 0.952. The minimum atomic E-state index is -3.27. The molecule has 1 radical (unpaired) electrons. The second-order valence-corrected chi connectivity index (χ2v) is 10.4. The number of nitrogens with one attached hydrogen (secondary N) is 1. The van der Waals surface area contributed by atoms with E-state index in [0.29, 0.717) is 19.4 Å². The summed E-state index contributed by atoms with van der Waals surface area (Å²) in [6, 6.07) is 0. The molecule has 1 N–H and O–H groups in total. The summed E-state index contributed by atoms with van der Waals surface area (Å²) in [4.78, 5) is 0. The summed E-state index contributed by atoms with van der Waals surface area (Å²) in [6.07, 6.45) is 7.86. The Balaban J connectivity index is 1.61. The van der Waals surface area contributed by atoms with Gasteiger partial charge in [0.05, 0.1) is 18.0 Å². The van der Waals surface area contributed by atoms with Crippen LogP contribution >= 0.6 is 0 Å². The predicted octanol–water partition coefficient (Wildman–Crippen LogP) is 3.14. The van der Waals surface area contributed by atoms with Crippen LogP contribution in [0.4, 0.5) is 0 Å². The summed E-state index contributed by atoms with van der Waals surface area (Å²) < 4.78 is 51.5. The molecule has 2 heterocycles. The third-order valence-electron chi connectivity index (χ3n) is 6.20. The van der Waals surface area contributed by atoms with Gasteiger partial charge in [-0.15, -0.1) is 0 Å². The third kappa shape index (κ3) is 7.14. The van der Waals surface area contributed by atoms with Crippen molar-refractivity contribution in [1.29, 1.82) is 0 Å². The van der Waals surface area contributed by atoms with Crippen molar-refractivity contribution in [2.45, 2.75) is 96.4 Å². The van der Waals surface area contributed by atoms with E-state index in [1.54, 1.807) is 0 Å². The molecule has 5 unspecified atom stereocenters. The van der Waals surface area contributed by atoms with E-state index in [2.05, 4.69) is 11.6 Å². The SMILES string of the molecule is CCCCS(=O)(=O)NCC1[C](C)C(OC2CCCCO2)CC1OC1CCCCO1. The number of rotatable bonds is 10. The summed E-state index contributed by atoms with van der Waals surface area (Å²) in [6.45, 7) is 5.87. The van der Waals surface area contributed by atoms with Crippen LogP contribution in [0.25, 0.3) is 0 Å². The first kappa shape index (κ1) is 23.4. The maximum Gasteiger partial charge on any atom is 0.211 e. The van der Waals surface area contributed by atoms with E-state index in [-0.39, 0.29) is 36.5 Å². The number of hydrogen-bond donors (Lipinski definition) is 1. The van der Waals surface area contributed by atoms with Crippen LogP contribution in [0.3, 0.4) is 0 Å². The summed E-state index contributed by atoms with van der Waals surface area (Å²) in [5, 5.41) is 0. The Bertz CT molecular complexity index is 574. The van der Waals surface area contributed by atoms with Crippen LogP contribution in [-0.4, -0.2) is 58.7 Å².